The van der Waals surface area contributed by atoms with Crippen molar-refractivity contribution in [2.45, 2.75) is 42.4 Å². The maximum absolute atomic E-state index is 15.2. The molecule has 1 aromatic carbocycles. The molecule has 5 rings (SSSR count). The number of benzene rings is 1. The number of likely N-dealkylation sites (tertiary alicyclic amines) is 1. The SMILES string of the molecule is O=S(=O)(Nc1nccs1)c1cc2c(cc1F)[C@@H](N1CC[C@@H](C(F)(F)F)C[C@H]1c1cn[nH]c1)CCO2. The van der Waals surface area contributed by atoms with Gasteiger partial charge in [0.05, 0.1) is 18.7 Å². The van der Waals surface area contributed by atoms with Crippen molar-refractivity contribution in [1.82, 2.24) is 20.1 Å². The molecule has 0 bridgehead atoms. The number of nitrogens with zero attached hydrogens (tertiary/aromatic N) is 3. The maximum atomic E-state index is 15.2. The first-order valence-corrected chi connectivity index (χ1v) is 13.2. The molecule has 2 aliphatic rings. The van der Waals surface area contributed by atoms with Crippen molar-refractivity contribution in [3.05, 3.63) is 53.0 Å². The predicted molar refractivity (Wildman–Crippen MR) is 119 cm³/mol. The number of hydrogen-bond acceptors (Lipinski definition) is 7. The van der Waals surface area contributed by atoms with Gasteiger partial charge in [-0.15, -0.1) is 11.3 Å². The average Bonchev–Trinajstić information content (AvgIpc) is 3.51. The molecule has 3 aromatic rings. The Morgan fingerprint density at radius 3 is 2.74 bits per heavy atom. The lowest BCUT2D eigenvalue weighted by Crippen LogP contribution is -2.44. The highest BCUT2D eigenvalue weighted by Gasteiger charge is 2.47. The van der Waals surface area contributed by atoms with E-state index in [0.29, 0.717) is 17.5 Å². The molecular formula is C21H21F4N5O3S2. The molecule has 14 heteroatoms. The summed E-state index contributed by atoms with van der Waals surface area (Å²) in [4.78, 5) is 5.18. The van der Waals surface area contributed by atoms with Crippen LogP contribution in [0.3, 0.4) is 0 Å². The van der Waals surface area contributed by atoms with Crippen LogP contribution < -0.4 is 9.46 Å². The molecule has 2 aliphatic heterocycles. The van der Waals surface area contributed by atoms with Crippen LogP contribution >= 0.6 is 11.3 Å². The van der Waals surface area contributed by atoms with Crippen molar-refractivity contribution in [1.29, 1.82) is 0 Å². The lowest BCUT2D eigenvalue weighted by molar-refractivity contribution is -0.192. The van der Waals surface area contributed by atoms with Crippen LogP contribution in [-0.2, 0) is 10.0 Å². The molecule has 188 valence electrons. The smallest absolute Gasteiger partial charge is 0.391 e. The zero-order valence-electron chi connectivity index (χ0n) is 18.1. The molecule has 0 amide bonds. The average molecular weight is 532 g/mol. The van der Waals surface area contributed by atoms with Crippen molar-refractivity contribution in [2.75, 3.05) is 17.9 Å². The summed E-state index contributed by atoms with van der Waals surface area (Å²) in [5, 5.41) is 8.22. The van der Waals surface area contributed by atoms with E-state index in [1.807, 2.05) is 4.90 Å². The van der Waals surface area contributed by atoms with Crippen LogP contribution in [0.5, 0.6) is 5.75 Å². The van der Waals surface area contributed by atoms with Gasteiger partial charge in [-0.2, -0.15) is 18.3 Å². The highest BCUT2D eigenvalue weighted by atomic mass is 32.2. The summed E-state index contributed by atoms with van der Waals surface area (Å²) >= 11 is 1.05. The Morgan fingerprint density at radius 1 is 1.23 bits per heavy atom. The molecule has 0 saturated carbocycles. The number of halogens is 4. The Kier molecular flexibility index (Phi) is 6.21. The van der Waals surface area contributed by atoms with Crippen LogP contribution in [0.15, 0.2) is 41.0 Å². The Bertz CT molecular complexity index is 1280. The molecule has 0 radical (unpaired) electrons. The molecule has 0 aliphatic carbocycles. The number of alkyl halides is 3. The zero-order chi connectivity index (χ0) is 24.8. The number of piperidine rings is 1. The maximum Gasteiger partial charge on any atom is 0.391 e. The van der Waals surface area contributed by atoms with Crippen molar-refractivity contribution in [3.63, 3.8) is 0 Å². The quantitative estimate of drug-likeness (QED) is 0.465. The van der Waals surface area contributed by atoms with Gasteiger partial charge in [-0.25, -0.2) is 17.8 Å². The minimum Gasteiger partial charge on any atom is -0.493 e. The molecule has 2 aromatic heterocycles. The molecule has 0 spiro atoms. The summed E-state index contributed by atoms with van der Waals surface area (Å²) in [6.07, 6.45) is 0.342. The van der Waals surface area contributed by atoms with Crippen molar-refractivity contribution >= 4 is 26.5 Å². The largest absolute Gasteiger partial charge is 0.493 e. The van der Waals surface area contributed by atoms with Crippen LogP contribution in [0.2, 0.25) is 0 Å². The summed E-state index contributed by atoms with van der Waals surface area (Å²) in [5.41, 5.74) is 1.01. The normalized spacial score (nSPS) is 23.5. The molecular weight excluding hydrogens is 510 g/mol. The highest BCUT2D eigenvalue weighted by Crippen LogP contribution is 2.48. The standard InChI is InChI=1S/C21H21F4N5O3S2/c22-15-8-14-16(30-4-1-13(21(23,24)25)7-17(30)12-10-27-28-11-12)2-5-33-18(14)9-19(15)35(31,32)29-20-26-3-6-34-20/h3,6,8-11,13,16-17H,1-2,4-5,7H2,(H,26,29)(H,27,28)/t13-,16+,17+/m1/s1. The summed E-state index contributed by atoms with van der Waals surface area (Å²) in [6.45, 7) is 0.345. The highest BCUT2D eigenvalue weighted by molar-refractivity contribution is 7.93. The third-order valence-electron chi connectivity index (χ3n) is 6.43. The van der Waals surface area contributed by atoms with Gasteiger partial charge in [0.25, 0.3) is 10.0 Å². The number of thiazole rings is 1. The second-order valence-corrected chi connectivity index (χ2v) is 11.0. The van der Waals surface area contributed by atoms with Gasteiger partial charge in [0.15, 0.2) is 5.13 Å². The van der Waals surface area contributed by atoms with Gasteiger partial charge in [-0.05, 0) is 25.5 Å². The minimum absolute atomic E-state index is 0.0861. The third-order valence-corrected chi connectivity index (χ3v) is 8.60. The van der Waals surface area contributed by atoms with Crippen LogP contribution in [0.4, 0.5) is 22.7 Å². The summed E-state index contributed by atoms with van der Waals surface area (Å²) < 4.78 is 89.2. The zero-order valence-corrected chi connectivity index (χ0v) is 19.8. The van der Waals surface area contributed by atoms with E-state index in [-0.39, 0.29) is 36.9 Å². The van der Waals surface area contributed by atoms with Crippen molar-refractivity contribution < 1.29 is 30.7 Å². The van der Waals surface area contributed by atoms with E-state index in [4.69, 9.17) is 4.74 Å². The van der Waals surface area contributed by atoms with Gasteiger partial charge in [-0.3, -0.25) is 14.7 Å². The lowest BCUT2D eigenvalue weighted by atomic mass is 9.84. The van der Waals surface area contributed by atoms with E-state index < -0.39 is 44.9 Å². The second kappa shape index (κ2) is 9.06. The number of anilines is 1. The van der Waals surface area contributed by atoms with Crippen LogP contribution in [-0.4, -0.2) is 47.8 Å². The number of hydrogen-bond donors (Lipinski definition) is 2. The number of sulfonamides is 1. The number of fused-ring (bicyclic) bond motifs is 1. The molecule has 1 saturated heterocycles. The van der Waals surface area contributed by atoms with E-state index in [0.717, 1.165) is 23.5 Å². The van der Waals surface area contributed by atoms with E-state index in [1.165, 1.54) is 12.4 Å². The number of aromatic nitrogens is 3. The molecule has 2 N–H and O–H groups in total. The lowest BCUT2D eigenvalue weighted by Gasteiger charge is -2.45. The third kappa shape index (κ3) is 4.74. The van der Waals surface area contributed by atoms with E-state index in [2.05, 4.69) is 19.9 Å². The summed E-state index contributed by atoms with van der Waals surface area (Å²) in [7, 11) is -4.27. The summed E-state index contributed by atoms with van der Waals surface area (Å²) in [5.74, 6) is -2.25. The molecule has 8 nitrogen and oxygen atoms in total. The first kappa shape index (κ1) is 24.0. The number of rotatable bonds is 5. The molecule has 4 heterocycles. The first-order chi connectivity index (χ1) is 16.6. The summed E-state index contributed by atoms with van der Waals surface area (Å²) in [6, 6.07) is 1.19. The fraction of sp³-hybridized carbons (Fsp3) is 0.429. The number of H-pyrrole nitrogens is 1. The van der Waals surface area contributed by atoms with Crippen molar-refractivity contribution in [2.24, 2.45) is 5.92 Å². The van der Waals surface area contributed by atoms with Gasteiger partial charge in [0.2, 0.25) is 0 Å². The molecule has 35 heavy (non-hydrogen) atoms. The predicted octanol–water partition coefficient (Wildman–Crippen LogP) is 4.65. The van der Waals surface area contributed by atoms with Gasteiger partial charge in [-0.1, -0.05) is 0 Å². The van der Waals surface area contributed by atoms with Crippen LogP contribution in [0.1, 0.15) is 42.5 Å². The van der Waals surface area contributed by atoms with E-state index >= 15 is 4.39 Å². The fourth-order valence-electron chi connectivity index (χ4n) is 4.79. The molecule has 3 atom stereocenters. The molecule has 1 fully saturated rings. The fourth-order valence-corrected chi connectivity index (χ4v) is 6.65. The Morgan fingerprint density at radius 2 is 2.06 bits per heavy atom. The van der Waals surface area contributed by atoms with Gasteiger partial charge >= 0.3 is 6.18 Å². The number of nitrogens with one attached hydrogen (secondary N) is 2. The van der Waals surface area contributed by atoms with Crippen LogP contribution in [0.25, 0.3) is 0 Å². The van der Waals surface area contributed by atoms with Gasteiger partial charge in [0, 0.05) is 53.5 Å². The van der Waals surface area contributed by atoms with Gasteiger partial charge in [0.1, 0.15) is 16.5 Å². The topological polar surface area (TPSA) is 100 Å². The monoisotopic (exact) mass is 531 g/mol. The number of ether oxygens (including phenoxy) is 1. The first-order valence-electron chi connectivity index (χ1n) is 10.8. The van der Waals surface area contributed by atoms with Gasteiger partial charge < -0.3 is 4.74 Å². The molecule has 0 unspecified atom stereocenters. The Labute approximate surface area is 202 Å². The Balaban J connectivity index is 1.48. The Hall–Kier alpha value is -2.71. The second-order valence-electron chi connectivity index (χ2n) is 8.46. The van der Waals surface area contributed by atoms with E-state index in [1.54, 1.807) is 11.6 Å². The van der Waals surface area contributed by atoms with Crippen LogP contribution in [0, 0.1) is 11.7 Å². The minimum atomic E-state index is -4.32. The van der Waals surface area contributed by atoms with Crippen molar-refractivity contribution in [3.8, 4) is 5.75 Å². The number of aromatic amines is 1. The van der Waals surface area contributed by atoms with E-state index in [9.17, 15) is 21.6 Å².